The van der Waals surface area contributed by atoms with Crippen molar-refractivity contribution in [3.05, 3.63) is 24.3 Å². The number of carbonyl (C=O) groups is 1. The van der Waals surface area contributed by atoms with Gasteiger partial charge in [-0.1, -0.05) is 141 Å². The van der Waals surface area contributed by atoms with E-state index < -0.39 is 0 Å². The van der Waals surface area contributed by atoms with Gasteiger partial charge < -0.3 is 4.74 Å². The number of hydrogen-bond donors (Lipinski definition) is 0. The minimum atomic E-state index is 0.148. The molecule has 0 bridgehead atoms. The van der Waals surface area contributed by atoms with Crippen LogP contribution in [0, 0.1) is 0 Å². The molecule has 0 aliphatic heterocycles. The van der Waals surface area contributed by atoms with Gasteiger partial charge in [0.05, 0.1) is 0 Å². The fourth-order valence-corrected chi connectivity index (χ4v) is 5.24. The second-order valence-electron chi connectivity index (χ2n) is 11.6. The molecule has 38 heavy (non-hydrogen) atoms. The predicted octanol–water partition coefficient (Wildman–Crippen LogP) is 12.6. The van der Waals surface area contributed by atoms with E-state index in [0.29, 0.717) is 6.47 Å². The molecule has 2 nitrogen and oxygen atoms in total. The van der Waals surface area contributed by atoms with Gasteiger partial charge in [0.2, 0.25) is 0 Å². The van der Waals surface area contributed by atoms with Gasteiger partial charge in [0.1, 0.15) is 6.10 Å². The molecule has 0 amide bonds. The molecule has 2 heteroatoms. The molecule has 0 aliphatic rings. The Bertz CT molecular complexity index is 496. The van der Waals surface area contributed by atoms with Crippen molar-refractivity contribution >= 4 is 6.47 Å². The van der Waals surface area contributed by atoms with E-state index in [0.717, 1.165) is 12.8 Å². The minimum absolute atomic E-state index is 0.148. The molecule has 1 unspecified atom stereocenters. The van der Waals surface area contributed by atoms with Crippen LogP contribution in [-0.2, 0) is 9.53 Å². The third-order valence-electron chi connectivity index (χ3n) is 7.82. The fourth-order valence-electron chi connectivity index (χ4n) is 5.24. The summed E-state index contributed by atoms with van der Waals surface area (Å²) >= 11 is 0. The van der Waals surface area contributed by atoms with Crippen molar-refractivity contribution in [1.29, 1.82) is 0 Å². The Morgan fingerprint density at radius 1 is 0.421 bits per heavy atom. The summed E-state index contributed by atoms with van der Waals surface area (Å²) in [5, 5.41) is 0. The molecule has 0 radical (unpaired) electrons. The highest BCUT2D eigenvalue weighted by Crippen LogP contribution is 2.17. The van der Waals surface area contributed by atoms with E-state index in [1.807, 2.05) is 0 Å². The van der Waals surface area contributed by atoms with Crippen molar-refractivity contribution in [2.75, 3.05) is 0 Å². The van der Waals surface area contributed by atoms with E-state index in [9.17, 15) is 4.79 Å². The Morgan fingerprint density at radius 3 is 1.08 bits per heavy atom. The molecule has 0 aromatic heterocycles. The number of allylic oxidation sites excluding steroid dienone is 4. The number of unbranched alkanes of at least 4 members (excludes halogenated alkanes) is 22. The van der Waals surface area contributed by atoms with Gasteiger partial charge in [-0.15, -0.1) is 0 Å². The van der Waals surface area contributed by atoms with Crippen LogP contribution >= 0.6 is 0 Å². The first kappa shape index (κ1) is 37.0. The zero-order valence-electron chi connectivity index (χ0n) is 26.1. The van der Waals surface area contributed by atoms with Gasteiger partial charge in [-0.05, 0) is 77.0 Å². The van der Waals surface area contributed by atoms with Crippen LogP contribution in [0.4, 0.5) is 0 Å². The Kier molecular flexibility index (Phi) is 33.0. The van der Waals surface area contributed by atoms with Crippen LogP contribution in [0.2, 0.25) is 0 Å². The van der Waals surface area contributed by atoms with Gasteiger partial charge in [-0.25, -0.2) is 0 Å². The first-order valence-electron chi connectivity index (χ1n) is 17.2. The van der Waals surface area contributed by atoms with E-state index >= 15 is 0 Å². The van der Waals surface area contributed by atoms with Crippen LogP contribution in [0.1, 0.15) is 194 Å². The summed E-state index contributed by atoms with van der Waals surface area (Å²) in [5.74, 6) is 0. The lowest BCUT2D eigenvalue weighted by molar-refractivity contribution is -0.134. The zero-order chi connectivity index (χ0) is 27.6. The summed E-state index contributed by atoms with van der Waals surface area (Å²) < 4.78 is 5.39. The quantitative estimate of drug-likeness (QED) is 0.0489. The smallest absolute Gasteiger partial charge is 0.293 e. The van der Waals surface area contributed by atoms with Crippen LogP contribution in [0.25, 0.3) is 0 Å². The summed E-state index contributed by atoms with van der Waals surface area (Å²) in [6, 6.07) is 0. The lowest BCUT2D eigenvalue weighted by Gasteiger charge is -2.15. The van der Waals surface area contributed by atoms with E-state index in [1.165, 1.54) is 167 Å². The maximum absolute atomic E-state index is 10.9. The molecule has 0 spiro atoms. The van der Waals surface area contributed by atoms with Crippen LogP contribution in [-0.4, -0.2) is 12.6 Å². The minimum Gasteiger partial charge on any atom is -0.465 e. The number of rotatable bonds is 32. The molecule has 0 fully saturated rings. The number of hydrogen-bond acceptors (Lipinski definition) is 2. The van der Waals surface area contributed by atoms with Crippen LogP contribution in [0.5, 0.6) is 0 Å². The molecule has 0 heterocycles. The van der Waals surface area contributed by atoms with Gasteiger partial charge >= 0.3 is 0 Å². The molecule has 1 atom stereocenters. The molecule has 0 aliphatic carbocycles. The molecule has 224 valence electrons. The van der Waals surface area contributed by atoms with Crippen LogP contribution in [0.15, 0.2) is 24.3 Å². The SMILES string of the molecule is CCCCC/C=C\CCCCCCCCCCC(CCCCCCCC/C=C\CCCCCCC)OC=O. The van der Waals surface area contributed by atoms with E-state index in [2.05, 4.69) is 38.2 Å². The molecular formula is C36H68O2. The van der Waals surface area contributed by atoms with Gasteiger partial charge in [-0.2, -0.15) is 0 Å². The average molecular weight is 533 g/mol. The zero-order valence-corrected chi connectivity index (χ0v) is 26.1. The van der Waals surface area contributed by atoms with Crippen molar-refractivity contribution in [3.8, 4) is 0 Å². The van der Waals surface area contributed by atoms with Crippen molar-refractivity contribution in [3.63, 3.8) is 0 Å². The molecule has 0 aromatic rings. The third-order valence-corrected chi connectivity index (χ3v) is 7.82. The molecule has 0 saturated carbocycles. The number of ether oxygens (including phenoxy) is 1. The largest absolute Gasteiger partial charge is 0.465 e. The summed E-state index contributed by atoms with van der Waals surface area (Å²) in [6.07, 6.45) is 46.3. The highest BCUT2D eigenvalue weighted by molar-refractivity contribution is 5.37. The van der Waals surface area contributed by atoms with Crippen molar-refractivity contribution in [2.24, 2.45) is 0 Å². The molecular weight excluding hydrogens is 464 g/mol. The Labute approximate surface area is 239 Å². The third kappa shape index (κ3) is 31.2. The Balaban J connectivity index is 3.45. The predicted molar refractivity (Wildman–Crippen MR) is 170 cm³/mol. The highest BCUT2D eigenvalue weighted by Gasteiger charge is 2.08. The lowest BCUT2D eigenvalue weighted by atomic mass is 10.0. The second-order valence-corrected chi connectivity index (χ2v) is 11.6. The Morgan fingerprint density at radius 2 is 0.711 bits per heavy atom. The summed E-state index contributed by atoms with van der Waals surface area (Å²) in [6.45, 7) is 5.22. The summed E-state index contributed by atoms with van der Waals surface area (Å²) in [7, 11) is 0. The highest BCUT2D eigenvalue weighted by atomic mass is 16.5. The molecule has 0 rings (SSSR count). The number of carbonyl (C=O) groups excluding carboxylic acids is 1. The van der Waals surface area contributed by atoms with Gasteiger partial charge in [0.25, 0.3) is 6.47 Å². The first-order chi connectivity index (χ1) is 18.8. The maximum atomic E-state index is 10.9. The van der Waals surface area contributed by atoms with Gasteiger partial charge in [0.15, 0.2) is 0 Å². The average Bonchev–Trinajstić information content (AvgIpc) is 2.92. The van der Waals surface area contributed by atoms with E-state index in [-0.39, 0.29) is 6.10 Å². The van der Waals surface area contributed by atoms with E-state index in [1.54, 1.807) is 0 Å². The summed E-state index contributed by atoms with van der Waals surface area (Å²) in [5.41, 5.74) is 0. The van der Waals surface area contributed by atoms with E-state index in [4.69, 9.17) is 4.74 Å². The topological polar surface area (TPSA) is 26.3 Å². The van der Waals surface area contributed by atoms with Crippen LogP contribution < -0.4 is 0 Å². The maximum Gasteiger partial charge on any atom is 0.293 e. The van der Waals surface area contributed by atoms with Crippen molar-refractivity contribution in [2.45, 2.75) is 200 Å². The molecule has 0 aromatic carbocycles. The normalized spacial score (nSPS) is 12.6. The van der Waals surface area contributed by atoms with Crippen LogP contribution in [0.3, 0.4) is 0 Å². The lowest BCUT2D eigenvalue weighted by Crippen LogP contribution is -2.12. The van der Waals surface area contributed by atoms with Gasteiger partial charge in [0, 0.05) is 0 Å². The molecule has 0 saturated heterocycles. The van der Waals surface area contributed by atoms with Crippen molar-refractivity contribution in [1.82, 2.24) is 0 Å². The van der Waals surface area contributed by atoms with Gasteiger partial charge in [-0.3, -0.25) is 4.79 Å². The first-order valence-corrected chi connectivity index (χ1v) is 17.2. The standard InChI is InChI=1S/C36H68O2/c1-3-5-7-9-11-13-15-17-19-21-23-25-27-29-31-33-36(38-35-37)34-32-30-28-26-24-22-20-18-16-14-12-10-8-6-4-2/h11,13,16,18,35-36H,3-10,12,14-15,17,19-34H2,1-2H3/b13-11-,18-16-. The Hall–Kier alpha value is -1.05. The molecule has 0 N–H and O–H groups in total. The monoisotopic (exact) mass is 533 g/mol. The summed E-state index contributed by atoms with van der Waals surface area (Å²) in [4.78, 5) is 10.9. The fraction of sp³-hybridized carbons (Fsp3) is 0.861. The van der Waals surface area contributed by atoms with Crippen molar-refractivity contribution < 1.29 is 9.53 Å². The second kappa shape index (κ2) is 34.0.